The van der Waals surface area contributed by atoms with E-state index < -0.39 is 17.0 Å². The summed E-state index contributed by atoms with van der Waals surface area (Å²) >= 11 is 0. The molecule has 3 N–H and O–H groups in total. The molecule has 1 fully saturated rings. The van der Waals surface area contributed by atoms with E-state index in [2.05, 4.69) is 5.32 Å². The zero-order valence-corrected chi connectivity index (χ0v) is 12.1. The Morgan fingerprint density at radius 1 is 1.40 bits per heavy atom. The van der Waals surface area contributed by atoms with Crippen LogP contribution in [0.4, 0.5) is 10.1 Å². The maximum absolute atomic E-state index is 13.5. The molecule has 110 valence electrons. The fraction of sp³-hybridized carbons (Fsp3) is 0.533. The molecule has 1 aromatic rings. The zero-order chi connectivity index (χ0) is 15.0. The Morgan fingerprint density at radius 3 is 2.65 bits per heavy atom. The third-order valence-corrected chi connectivity index (χ3v) is 3.65. The van der Waals surface area contributed by atoms with Crippen LogP contribution in [0.15, 0.2) is 18.2 Å². The van der Waals surface area contributed by atoms with Gasteiger partial charge in [-0.3, -0.25) is 4.79 Å². The normalized spacial score (nSPS) is 25.2. The predicted molar refractivity (Wildman–Crippen MR) is 76.0 cm³/mol. The molecular weight excluding hydrogens is 259 g/mol. The van der Waals surface area contributed by atoms with Gasteiger partial charge in [-0.2, -0.15) is 0 Å². The third-order valence-electron chi connectivity index (χ3n) is 3.65. The fourth-order valence-corrected chi connectivity index (χ4v) is 2.83. The van der Waals surface area contributed by atoms with Gasteiger partial charge in [0.05, 0.1) is 12.2 Å². The molecule has 5 heteroatoms. The maximum Gasteiger partial charge on any atom is 0.243 e. The highest BCUT2D eigenvalue weighted by molar-refractivity contribution is 5.88. The van der Waals surface area contributed by atoms with Crippen LogP contribution in [-0.2, 0) is 9.53 Å². The number of hydrogen-bond donors (Lipinski definition) is 2. The van der Waals surface area contributed by atoms with E-state index in [1.54, 1.807) is 13.0 Å². The van der Waals surface area contributed by atoms with Crippen molar-refractivity contribution in [1.82, 2.24) is 0 Å². The molecular formula is C15H21FN2O2. The molecule has 4 nitrogen and oxygen atoms in total. The van der Waals surface area contributed by atoms with Gasteiger partial charge in [-0.1, -0.05) is 0 Å². The molecule has 0 bridgehead atoms. The van der Waals surface area contributed by atoms with Gasteiger partial charge in [0, 0.05) is 18.5 Å². The van der Waals surface area contributed by atoms with Gasteiger partial charge in [0.15, 0.2) is 0 Å². The summed E-state index contributed by atoms with van der Waals surface area (Å²) in [7, 11) is 0. The fourth-order valence-electron chi connectivity index (χ4n) is 2.83. The van der Waals surface area contributed by atoms with Crippen LogP contribution in [0.2, 0.25) is 0 Å². The summed E-state index contributed by atoms with van der Waals surface area (Å²) in [5.41, 5.74) is 5.61. The lowest BCUT2D eigenvalue weighted by atomic mass is 9.80. The van der Waals surface area contributed by atoms with E-state index in [1.807, 2.05) is 13.8 Å². The summed E-state index contributed by atoms with van der Waals surface area (Å²) in [6, 6.07) is 4.62. The van der Waals surface area contributed by atoms with E-state index >= 15 is 0 Å². The summed E-state index contributed by atoms with van der Waals surface area (Å²) < 4.78 is 19.1. The third kappa shape index (κ3) is 3.10. The van der Waals surface area contributed by atoms with E-state index in [4.69, 9.17) is 10.5 Å². The van der Waals surface area contributed by atoms with Crippen LogP contribution >= 0.6 is 0 Å². The number of rotatable bonds is 3. The minimum Gasteiger partial charge on any atom is -0.375 e. The average Bonchev–Trinajstić information content (AvgIpc) is 2.25. The lowest BCUT2D eigenvalue weighted by molar-refractivity contribution is -0.133. The zero-order valence-electron chi connectivity index (χ0n) is 12.1. The topological polar surface area (TPSA) is 64.3 Å². The Hall–Kier alpha value is -1.62. The number of amides is 1. The predicted octanol–water partition coefficient (Wildman–Crippen LogP) is 2.36. The number of anilines is 1. The van der Waals surface area contributed by atoms with Gasteiger partial charge in [-0.25, -0.2) is 4.39 Å². The molecule has 2 rings (SSSR count). The van der Waals surface area contributed by atoms with E-state index in [9.17, 15) is 9.18 Å². The Bertz CT molecular complexity index is 510. The Balaban J connectivity index is 2.32. The van der Waals surface area contributed by atoms with Crippen LogP contribution in [0.5, 0.6) is 0 Å². The lowest BCUT2D eigenvalue weighted by Gasteiger charge is -2.43. The van der Waals surface area contributed by atoms with E-state index in [1.165, 1.54) is 12.1 Å². The number of carbonyl (C=O) groups excluding carboxylic acids is 1. The summed E-state index contributed by atoms with van der Waals surface area (Å²) in [4.78, 5) is 11.9. The van der Waals surface area contributed by atoms with Gasteiger partial charge >= 0.3 is 0 Å². The number of halogens is 1. The van der Waals surface area contributed by atoms with E-state index in [0.717, 1.165) is 5.56 Å². The van der Waals surface area contributed by atoms with Gasteiger partial charge < -0.3 is 15.8 Å². The van der Waals surface area contributed by atoms with Crippen molar-refractivity contribution in [2.45, 2.75) is 44.8 Å². The van der Waals surface area contributed by atoms with Crippen LogP contribution in [0.3, 0.4) is 0 Å². The lowest BCUT2D eigenvalue weighted by Crippen LogP contribution is -2.58. The average molecular weight is 280 g/mol. The number of nitrogens with one attached hydrogen (secondary N) is 1. The first-order chi connectivity index (χ1) is 9.22. The number of carbonyl (C=O) groups is 1. The monoisotopic (exact) mass is 280 g/mol. The number of benzene rings is 1. The molecule has 0 spiro atoms. The summed E-state index contributed by atoms with van der Waals surface area (Å²) in [6.07, 6.45) is 0.923. The minimum absolute atomic E-state index is 0.335. The highest BCUT2D eigenvalue weighted by Gasteiger charge is 2.45. The molecule has 1 aromatic carbocycles. The first kappa shape index (κ1) is 14.8. The van der Waals surface area contributed by atoms with Crippen LogP contribution in [0.25, 0.3) is 0 Å². The molecule has 20 heavy (non-hydrogen) atoms. The van der Waals surface area contributed by atoms with Crippen LogP contribution in [0.1, 0.15) is 32.3 Å². The second kappa shape index (κ2) is 5.05. The highest BCUT2D eigenvalue weighted by Crippen LogP contribution is 2.35. The highest BCUT2D eigenvalue weighted by atomic mass is 19.1. The van der Waals surface area contributed by atoms with Crippen molar-refractivity contribution >= 4 is 11.6 Å². The summed E-state index contributed by atoms with van der Waals surface area (Å²) in [5, 5.41) is 3.14. The molecule has 1 heterocycles. The molecule has 1 aliphatic heterocycles. The van der Waals surface area contributed by atoms with Crippen LogP contribution < -0.4 is 11.1 Å². The standard InChI is InChI=1S/C15H21FN2O2/c1-10-6-11(16)8-12(7-10)18-15(13(17)19)4-5-20-14(2,3)9-15/h6-8,18H,4-5,9H2,1-3H3,(H2,17,19). The molecule has 0 radical (unpaired) electrons. The van der Waals surface area contributed by atoms with Gasteiger partial charge in [-0.05, 0) is 44.5 Å². The Labute approximate surface area is 118 Å². The number of nitrogens with two attached hydrogens (primary N) is 1. The number of hydrogen-bond acceptors (Lipinski definition) is 3. The van der Waals surface area contributed by atoms with Crippen molar-refractivity contribution in [2.75, 3.05) is 11.9 Å². The molecule has 1 amide bonds. The van der Waals surface area contributed by atoms with Crippen LogP contribution in [0, 0.1) is 12.7 Å². The smallest absolute Gasteiger partial charge is 0.243 e. The van der Waals surface area contributed by atoms with Crippen molar-refractivity contribution in [2.24, 2.45) is 5.73 Å². The number of primary amides is 1. The molecule has 1 atom stereocenters. The second-order valence-electron chi connectivity index (χ2n) is 6.12. The second-order valence-corrected chi connectivity index (χ2v) is 6.12. The Kier molecular flexibility index (Phi) is 3.73. The molecule has 0 aliphatic carbocycles. The van der Waals surface area contributed by atoms with E-state index in [-0.39, 0.29) is 5.82 Å². The first-order valence-electron chi connectivity index (χ1n) is 6.72. The quantitative estimate of drug-likeness (QED) is 0.893. The van der Waals surface area contributed by atoms with E-state index in [0.29, 0.717) is 25.1 Å². The van der Waals surface area contributed by atoms with Crippen molar-refractivity contribution in [1.29, 1.82) is 0 Å². The number of ether oxygens (including phenoxy) is 1. The molecule has 0 aromatic heterocycles. The summed E-state index contributed by atoms with van der Waals surface area (Å²) in [6.45, 7) is 6.08. The van der Waals surface area contributed by atoms with Gasteiger partial charge in [-0.15, -0.1) is 0 Å². The van der Waals surface area contributed by atoms with Gasteiger partial charge in [0.2, 0.25) is 5.91 Å². The van der Waals surface area contributed by atoms with Crippen molar-refractivity contribution in [3.8, 4) is 0 Å². The van der Waals surface area contributed by atoms with Crippen molar-refractivity contribution in [3.05, 3.63) is 29.6 Å². The van der Waals surface area contributed by atoms with Gasteiger partial charge in [0.25, 0.3) is 0 Å². The minimum atomic E-state index is -0.901. The molecule has 0 saturated carbocycles. The molecule has 1 aliphatic rings. The van der Waals surface area contributed by atoms with Crippen LogP contribution in [-0.4, -0.2) is 23.7 Å². The van der Waals surface area contributed by atoms with Gasteiger partial charge in [0.1, 0.15) is 11.4 Å². The Morgan fingerprint density at radius 2 is 2.10 bits per heavy atom. The SMILES string of the molecule is Cc1cc(F)cc(NC2(C(N)=O)CCOC(C)(C)C2)c1. The maximum atomic E-state index is 13.5. The summed E-state index contributed by atoms with van der Waals surface area (Å²) in [5.74, 6) is -0.769. The first-order valence-corrected chi connectivity index (χ1v) is 6.72. The number of aryl methyl sites for hydroxylation is 1. The molecule has 1 unspecified atom stereocenters. The largest absolute Gasteiger partial charge is 0.375 e. The molecule has 1 saturated heterocycles. The van der Waals surface area contributed by atoms with Crippen molar-refractivity contribution < 1.29 is 13.9 Å². The van der Waals surface area contributed by atoms with Crippen molar-refractivity contribution in [3.63, 3.8) is 0 Å².